The van der Waals surface area contributed by atoms with Crippen molar-refractivity contribution in [3.05, 3.63) is 33.3 Å². The second-order valence-electron chi connectivity index (χ2n) is 8.62. The number of hydrogen-bond acceptors (Lipinski definition) is 11. The Balaban J connectivity index is 1.65. The molecule has 0 spiro atoms. The average molecular weight is 568 g/mol. The van der Waals surface area contributed by atoms with E-state index in [9.17, 15) is 10.1 Å². The number of hydrogen-bond donors (Lipinski definition) is 5. The van der Waals surface area contributed by atoms with Crippen molar-refractivity contribution in [1.82, 2.24) is 15.6 Å². The van der Waals surface area contributed by atoms with Crippen LogP contribution in [0.3, 0.4) is 0 Å². The number of carbonyl (C=O) groups is 1. The fourth-order valence-corrected chi connectivity index (χ4v) is 5.04. The first-order valence-electron chi connectivity index (χ1n) is 11.6. The number of amides is 1. The third-order valence-electron chi connectivity index (χ3n) is 6.26. The molecule has 1 atom stereocenters. The second kappa shape index (κ2) is 11.2. The van der Waals surface area contributed by atoms with Crippen LogP contribution in [0.2, 0.25) is 0 Å². The van der Waals surface area contributed by atoms with E-state index in [1.54, 1.807) is 12.1 Å². The van der Waals surface area contributed by atoms with Crippen LogP contribution >= 0.6 is 15.9 Å². The van der Waals surface area contributed by atoms with Crippen LogP contribution in [0.4, 0.5) is 17.3 Å². The SMILES string of the molecule is COc1cc(C2N=C(NC#N)Nc3nc(N)c(C#N)c(N)c32)c(Br)cc1OCC(=O)NC1CCCCC1. The number of pyridine rings is 1. The molecule has 1 aromatic heterocycles. The van der Waals surface area contributed by atoms with E-state index >= 15 is 0 Å². The highest BCUT2D eigenvalue weighted by molar-refractivity contribution is 9.10. The molecule has 1 fully saturated rings. The number of methoxy groups -OCH3 is 1. The number of halogens is 1. The summed E-state index contributed by atoms with van der Waals surface area (Å²) in [6, 6.07) is 4.73. The first kappa shape index (κ1) is 25.9. The zero-order valence-electron chi connectivity index (χ0n) is 20.1. The summed E-state index contributed by atoms with van der Waals surface area (Å²) < 4.78 is 11.9. The fourth-order valence-electron chi connectivity index (χ4n) is 4.50. The summed E-state index contributed by atoms with van der Waals surface area (Å²) >= 11 is 3.56. The molecule has 1 amide bonds. The van der Waals surface area contributed by atoms with E-state index in [1.165, 1.54) is 13.5 Å². The Bertz CT molecular complexity index is 1330. The van der Waals surface area contributed by atoms with Crippen molar-refractivity contribution in [2.24, 2.45) is 4.99 Å². The van der Waals surface area contributed by atoms with Gasteiger partial charge in [0.15, 0.2) is 24.3 Å². The van der Waals surface area contributed by atoms with Gasteiger partial charge in [0.2, 0.25) is 5.96 Å². The first-order valence-corrected chi connectivity index (χ1v) is 12.4. The summed E-state index contributed by atoms with van der Waals surface area (Å²) in [6.45, 7) is -0.162. The van der Waals surface area contributed by atoms with Crippen LogP contribution in [0.15, 0.2) is 21.6 Å². The number of rotatable bonds is 6. The number of anilines is 3. The van der Waals surface area contributed by atoms with E-state index in [4.69, 9.17) is 26.2 Å². The van der Waals surface area contributed by atoms with E-state index < -0.39 is 6.04 Å². The van der Waals surface area contributed by atoms with E-state index in [1.807, 2.05) is 12.3 Å². The predicted octanol–water partition coefficient (Wildman–Crippen LogP) is 2.66. The topological polar surface area (TPSA) is 196 Å². The number of nitriles is 2. The van der Waals surface area contributed by atoms with Crippen molar-refractivity contribution >= 4 is 45.1 Å². The molecular formula is C24H26BrN9O3. The number of nitrogens with two attached hydrogens (primary N) is 2. The predicted molar refractivity (Wildman–Crippen MR) is 141 cm³/mol. The number of benzene rings is 1. The lowest BCUT2D eigenvalue weighted by molar-refractivity contribution is -0.124. The number of ether oxygens (including phenoxy) is 2. The van der Waals surface area contributed by atoms with Gasteiger partial charge in [-0.3, -0.25) is 10.1 Å². The quantitative estimate of drug-likeness (QED) is 0.255. The molecule has 1 aliphatic carbocycles. The molecule has 12 nitrogen and oxygen atoms in total. The average Bonchev–Trinajstić information content (AvgIpc) is 2.88. The fraction of sp³-hybridized carbons (Fsp3) is 0.375. The monoisotopic (exact) mass is 567 g/mol. The minimum absolute atomic E-state index is 0.0319. The summed E-state index contributed by atoms with van der Waals surface area (Å²) in [4.78, 5) is 21.3. The van der Waals surface area contributed by atoms with Gasteiger partial charge in [0.25, 0.3) is 5.91 Å². The van der Waals surface area contributed by atoms with Gasteiger partial charge in [-0.05, 0) is 30.5 Å². The maximum atomic E-state index is 12.4. The molecule has 1 saturated carbocycles. The number of nitrogens with zero attached hydrogens (tertiary/aromatic N) is 4. The Morgan fingerprint density at radius 2 is 2.00 bits per heavy atom. The van der Waals surface area contributed by atoms with Gasteiger partial charge in [0.05, 0.1) is 12.8 Å². The molecule has 2 aromatic rings. The summed E-state index contributed by atoms with van der Waals surface area (Å²) in [5, 5.41) is 27.0. The molecule has 7 N–H and O–H groups in total. The van der Waals surface area contributed by atoms with Gasteiger partial charge < -0.3 is 31.6 Å². The van der Waals surface area contributed by atoms with Crippen LogP contribution in [-0.4, -0.2) is 36.6 Å². The third kappa shape index (κ3) is 5.47. The van der Waals surface area contributed by atoms with Crippen LogP contribution in [-0.2, 0) is 4.79 Å². The second-order valence-corrected chi connectivity index (χ2v) is 9.47. The van der Waals surface area contributed by atoms with Crippen LogP contribution in [0, 0.1) is 22.8 Å². The standard InChI is InChI=1S/C24H26BrN9O3/c1-36-16-7-13(15(25)8-17(16)37-10-18(35)31-12-5-3-2-4-6-12)21-19-20(28)14(9-26)22(29)33-23(19)34-24(32-21)30-11-27/h7-8,12,21H,2-6,10H2,1H3,(H,31,35)(H6,28,29,30,32,33,34). The van der Waals surface area contributed by atoms with Crippen LogP contribution in [0.25, 0.3) is 0 Å². The molecule has 1 aliphatic heterocycles. The summed E-state index contributed by atoms with van der Waals surface area (Å²) in [5.41, 5.74) is 13.4. The molecule has 2 aliphatic rings. The number of nitrogen functional groups attached to an aromatic ring is 2. The smallest absolute Gasteiger partial charge is 0.258 e. The van der Waals surface area contributed by atoms with Gasteiger partial charge in [0, 0.05) is 16.1 Å². The van der Waals surface area contributed by atoms with Crippen LogP contribution < -0.4 is 36.9 Å². The summed E-state index contributed by atoms with van der Waals surface area (Å²) in [5.74, 6) is 0.857. The molecule has 192 valence electrons. The summed E-state index contributed by atoms with van der Waals surface area (Å²) in [7, 11) is 1.48. The van der Waals surface area contributed by atoms with Crippen LogP contribution in [0.1, 0.15) is 54.8 Å². The highest BCUT2D eigenvalue weighted by Crippen LogP contribution is 2.45. The molecule has 13 heteroatoms. The largest absolute Gasteiger partial charge is 0.493 e. The van der Waals surface area contributed by atoms with Gasteiger partial charge in [-0.1, -0.05) is 35.2 Å². The number of fused-ring (bicyclic) bond motifs is 1. The molecule has 0 radical (unpaired) electrons. The molecule has 0 bridgehead atoms. The highest BCUT2D eigenvalue weighted by atomic mass is 79.9. The van der Waals surface area contributed by atoms with Crippen molar-refractivity contribution in [3.63, 3.8) is 0 Å². The maximum absolute atomic E-state index is 12.4. The van der Waals surface area contributed by atoms with Gasteiger partial charge in [-0.25, -0.2) is 9.98 Å². The molecule has 1 aromatic carbocycles. The van der Waals surface area contributed by atoms with Crippen molar-refractivity contribution in [3.8, 4) is 23.8 Å². The molecular weight excluding hydrogens is 542 g/mol. The number of carbonyl (C=O) groups excluding carboxylic acids is 1. The van der Waals surface area contributed by atoms with Crippen LogP contribution in [0.5, 0.6) is 11.5 Å². The van der Waals surface area contributed by atoms with Crippen molar-refractivity contribution in [1.29, 1.82) is 10.5 Å². The lowest BCUT2D eigenvalue weighted by atomic mass is 9.95. The zero-order chi connectivity index (χ0) is 26.5. The first-order chi connectivity index (χ1) is 17.9. The maximum Gasteiger partial charge on any atom is 0.258 e. The molecule has 0 saturated heterocycles. The normalized spacial score (nSPS) is 16.8. The number of nitrogens with one attached hydrogen (secondary N) is 3. The summed E-state index contributed by atoms with van der Waals surface area (Å²) in [6.07, 6.45) is 7.21. The van der Waals surface area contributed by atoms with Crippen molar-refractivity contribution < 1.29 is 14.3 Å². The Morgan fingerprint density at radius 1 is 1.24 bits per heavy atom. The molecule has 2 heterocycles. The Kier molecular flexibility index (Phi) is 7.84. The van der Waals surface area contributed by atoms with Gasteiger partial charge in [-0.2, -0.15) is 10.5 Å². The number of aromatic nitrogens is 1. The minimum atomic E-state index is -0.778. The highest BCUT2D eigenvalue weighted by Gasteiger charge is 2.31. The zero-order valence-corrected chi connectivity index (χ0v) is 21.7. The molecule has 1 unspecified atom stereocenters. The van der Waals surface area contributed by atoms with Gasteiger partial charge >= 0.3 is 0 Å². The number of aliphatic imine (C=N–C) groups is 1. The minimum Gasteiger partial charge on any atom is -0.493 e. The molecule has 4 rings (SSSR count). The lowest BCUT2D eigenvalue weighted by Gasteiger charge is -2.27. The Morgan fingerprint density at radius 3 is 2.68 bits per heavy atom. The molecule has 37 heavy (non-hydrogen) atoms. The van der Waals surface area contributed by atoms with Gasteiger partial charge in [-0.15, -0.1) is 0 Å². The van der Waals surface area contributed by atoms with E-state index in [2.05, 4.69) is 41.9 Å². The Hall–Kier alpha value is -4.23. The van der Waals surface area contributed by atoms with Gasteiger partial charge in [0.1, 0.15) is 29.3 Å². The third-order valence-corrected chi connectivity index (χ3v) is 6.95. The van der Waals surface area contributed by atoms with E-state index in [-0.39, 0.29) is 47.4 Å². The number of guanidine groups is 1. The lowest BCUT2D eigenvalue weighted by Crippen LogP contribution is -2.39. The van der Waals surface area contributed by atoms with E-state index in [0.717, 1.165) is 25.7 Å². The Labute approximate surface area is 222 Å². The van der Waals surface area contributed by atoms with E-state index in [0.29, 0.717) is 27.1 Å². The van der Waals surface area contributed by atoms with Crippen molar-refractivity contribution in [2.75, 3.05) is 30.5 Å². The van der Waals surface area contributed by atoms with Crippen molar-refractivity contribution in [2.45, 2.75) is 44.2 Å².